The minimum atomic E-state index is -0.309. The number of hydrogen-bond donors (Lipinski definition) is 1. The number of carbonyl (C=O) groups is 1. The van der Waals surface area contributed by atoms with Crippen molar-refractivity contribution in [1.29, 1.82) is 0 Å². The number of ether oxygens (including phenoxy) is 1. The molecule has 1 aliphatic rings. The van der Waals surface area contributed by atoms with E-state index in [2.05, 4.69) is 11.4 Å². The smallest absolute Gasteiger partial charge is 0.244 e. The Morgan fingerprint density at radius 2 is 2.14 bits per heavy atom. The van der Waals surface area contributed by atoms with Gasteiger partial charge in [0, 0.05) is 24.2 Å². The predicted molar refractivity (Wildman–Crippen MR) is 81.9 cm³/mol. The number of thiophene rings is 1. The van der Waals surface area contributed by atoms with Crippen LogP contribution in [0, 0.1) is 0 Å². The molecule has 0 bridgehead atoms. The van der Waals surface area contributed by atoms with Crippen molar-refractivity contribution in [2.24, 2.45) is 0 Å². The van der Waals surface area contributed by atoms with Crippen LogP contribution in [0.3, 0.4) is 0 Å². The molecule has 2 aromatic rings. The average molecular weight is 303 g/mol. The molecule has 5 heteroatoms. The lowest BCUT2D eigenvalue weighted by Gasteiger charge is -2.37. The van der Waals surface area contributed by atoms with Crippen LogP contribution in [0.2, 0.25) is 0 Å². The number of amides is 1. The molecular weight excluding hydrogens is 286 g/mol. The summed E-state index contributed by atoms with van der Waals surface area (Å²) in [4.78, 5) is 13.4. The van der Waals surface area contributed by atoms with E-state index in [9.17, 15) is 4.79 Å². The Balaban J connectivity index is 1.74. The molecule has 4 nitrogen and oxygen atoms in total. The van der Waals surface area contributed by atoms with Gasteiger partial charge in [-0.25, -0.2) is 0 Å². The van der Waals surface area contributed by atoms with Crippen molar-refractivity contribution < 1.29 is 13.9 Å². The largest absolute Gasteiger partial charge is 0.465 e. The number of nitrogens with one attached hydrogen (secondary N) is 1. The Labute approximate surface area is 127 Å². The second-order valence-electron chi connectivity index (χ2n) is 5.01. The lowest BCUT2D eigenvalue weighted by atomic mass is 9.88. The second kappa shape index (κ2) is 6.28. The fourth-order valence-electron chi connectivity index (χ4n) is 2.53. The molecule has 1 saturated heterocycles. The summed E-state index contributed by atoms with van der Waals surface area (Å²) in [6.07, 6.45) is 6.38. The lowest BCUT2D eigenvalue weighted by Crippen LogP contribution is -2.48. The van der Waals surface area contributed by atoms with E-state index in [1.807, 2.05) is 17.5 Å². The van der Waals surface area contributed by atoms with Gasteiger partial charge < -0.3 is 14.5 Å². The lowest BCUT2D eigenvalue weighted by molar-refractivity contribution is -0.119. The maximum atomic E-state index is 12.2. The van der Waals surface area contributed by atoms with Crippen molar-refractivity contribution in [3.8, 4) is 0 Å². The van der Waals surface area contributed by atoms with E-state index >= 15 is 0 Å². The molecule has 110 valence electrons. The van der Waals surface area contributed by atoms with Crippen LogP contribution in [-0.2, 0) is 15.1 Å². The molecule has 0 unspecified atom stereocenters. The van der Waals surface area contributed by atoms with Gasteiger partial charge in [0.15, 0.2) is 0 Å². The Kier molecular flexibility index (Phi) is 4.22. The van der Waals surface area contributed by atoms with E-state index in [4.69, 9.17) is 9.15 Å². The van der Waals surface area contributed by atoms with Crippen LogP contribution in [0.5, 0.6) is 0 Å². The van der Waals surface area contributed by atoms with Gasteiger partial charge in [0.1, 0.15) is 5.76 Å². The third kappa shape index (κ3) is 3.25. The van der Waals surface area contributed by atoms with Gasteiger partial charge in [-0.05, 0) is 42.5 Å². The fraction of sp³-hybridized carbons (Fsp3) is 0.312. The van der Waals surface area contributed by atoms with Crippen LogP contribution < -0.4 is 5.32 Å². The van der Waals surface area contributed by atoms with Crippen molar-refractivity contribution >= 4 is 23.3 Å². The molecule has 1 fully saturated rings. The van der Waals surface area contributed by atoms with E-state index in [0.29, 0.717) is 19.0 Å². The zero-order valence-corrected chi connectivity index (χ0v) is 12.4. The predicted octanol–water partition coefficient (Wildman–Crippen LogP) is 3.18. The van der Waals surface area contributed by atoms with E-state index in [0.717, 1.165) is 12.8 Å². The zero-order valence-electron chi connectivity index (χ0n) is 11.6. The van der Waals surface area contributed by atoms with Crippen molar-refractivity contribution in [3.63, 3.8) is 0 Å². The molecule has 0 saturated carbocycles. The van der Waals surface area contributed by atoms with Gasteiger partial charge in [-0.3, -0.25) is 4.79 Å². The van der Waals surface area contributed by atoms with E-state index in [1.54, 1.807) is 29.7 Å². The Morgan fingerprint density at radius 1 is 1.29 bits per heavy atom. The summed E-state index contributed by atoms with van der Waals surface area (Å²) in [6.45, 7) is 1.33. The molecule has 0 atom stereocenters. The van der Waals surface area contributed by atoms with Crippen molar-refractivity contribution in [1.82, 2.24) is 5.32 Å². The molecule has 3 rings (SSSR count). The molecule has 1 aliphatic heterocycles. The highest BCUT2D eigenvalue weighted by Crippen LogP contribution is 2.35. The van der Waals surface area contributed by atoms with Gasteiger partial charge in [0.25, 0.3) is 0 Å². The summed E-state index contributed by atoms with van der Waals surface area (Å²) in [7, 11) is 0. The molecule has 21 heavy (non-hydrogen) atoms. The number of hydrogen-bond acceptors (Lipinski definition) is 4. The zero-order chi connectivity index (χ0) is 14.5. The highest BCUT2D eigenvalue weighted by molar-refractivity contribution is 7.10. The summed E-state index contributed by atoms with van der Waals surface area (Å²) in [5.41, 5.74) is -0.309. The van der Waals surface area contributed by atoms with Gasteiger partial charge in [-0.2, -0.15) is 0 Å². The molecule has 0 aliphatic carbocycles. The molecular formula is C16H17NO3S. The summed E-state index contributed by atoms with van der Waals surface area (Å²) in [5, 5.41) is 5.20. The highest BCUT2D eigenvalue weighted by Gasteiger charge is 2.36. The molecule has 1 N–H and O–H groups in total. The van der Waals surface area contributed by atoms with Gasteiger partial charge in [-0.1, -0.05) is 6.07 Å². The second-order valence-corrected chi connectivity index (χ2v) is 5.96. The first-order valence-corrected chi connectivity index (χ1v) is 7.82. The highest BCUT2D eigenvalue weighted by atomic mass is 32.1. The van der Waals surface area contributed by atoms with Crippen LogP contribution >= 0.6 is 11.3 Å². The monoisotopic (exact) mass is 303 g/mol. The third-order valence-corrected chi connectivity index (χ3v) is 4.72. The minimum Gasteiger partial charge on any atom is -0.465 e. The number of furan rings is 1. The quantitative estimate of drug-likeness (QED) is 0.883. The SMILES string of the molecule is O=C(/C=C/c1ccco1)NC1(c2cccs2)CCOCC1. The van der Waals surface area contributed by atoms with Gasteiger partial charge >= 0.3 is 0 Å². The Bertz CT molecular complexity index is 596. The Morgan fingerprint density at radius 3 is 2.81 bits per heavy atom. The summed E-state index contributed by atoms with van der Waals surface area (Å²) < 4.78 is 10.6. The minimum absolute atomic E-state index is 0.110. The van der Waals surface area contributed by atoms with Crippen LogP contribution in [-0.4, -0.2) is 19.1 Å². The first kappa shape index (κ1) is 14.1. The van der Waals surface area contributed by atoms with Crippen molar-refractivity contribution in [3.05, 3.63) is 52.6 Å². The fourth-order valence-corrected chi connectivity index (χ4v) is 3.47. The van der Waals surface area contributed by atoms with Crippen LogP contribution in [0.15, 0.2) is 46.4 Å². The van der Waals surface area contributed by atoms with Crippen LogP contribution in [0.1, 0.15) is 23.5 Å². The average Bonchev–Trinajstić information content (AvgIpc) is 3.20. The number of carbonyl (C=O) groups excluding carboxylic acids is 1. The normalized spacial score (nSPS) is 17.9. The molecule has 0 radical (unpaired) electrons. The molecule has 1 amide bonds. The topological polar surface area (TPSA) is 51.5 Å². The third-order valence-electron chi connectivity index (χ3n) is 3.64. The van der Waals surface area contributed by atoms with Crippen LogP contribution in [0.4, 0.5) is 0 Å². The van der Waals surface area contributed by atoms with Gasteiger partial charge in [0.2, 0.25) is 5.91 Å². The molecule has 0 spiro atoms. The maximum Gasteiger partial charge on any atom is 0.244 e. The van der Waals surface area contributed by atoms with E-state index in [1.165, 1.54) is 11.0 Å². The summed E-state index contributed by atoms with van der Waals surface area (Å²) in [5.74, 6) is 0.559. The summed E-state index contributed by atoms with van der Waals surface area (Å²) >= 11 is 1.67. The standard InChI is InChI=1S/C16H17NO3S/c18-15(6-5-13-3-1-9-20-13)17-16(7-10-19-11-8-16)14-4-2-12-21-14/h1-6,9,12H,7-8,10-11H2,(H,17,18)/b6-5+. The maximum absolute atomic E-state index is 12.2. The van der Waals surface area contributed by atoms with Gasteiger partial charge in [-0.15, -0.1) is 11.3 Å². The Hall–Kier alpha value is -1.85. The van der Waals surface area contributed by atoms with E-state index in [-0.39, 0.29) is 11.4 Å². The molecule has 2 aromatic heterocycles. The van der Waals surface area contributed by atoms with Crippen molar-refractivity contribution in [2.75, 3.05) is 13.2 Å². The molecule has 3 heterocycles. The first-order valence-electron chi connectivity index (χ1n) is 6.94. The van der Waals surface area contributed by atoms with Gasteiger partial charge in [0.05, 0.1) is 11.8 Å². The van der Waals surface area contributed by atoms with E-state index < -0.39 is 0 Å². The number of rotatable bonds is 4. The van der Waals surface area contributed by atoms with Crippen LogP contribution in [0.25, 0.3) is 6.08 Å². The first-order chi connectivity index (χ1) is 10.3. The van der Waals surface area contributed by atoms with Crippen molar-refractivity contribution in [2.45, 2.75) is 18.4 Å². The summed E-state index contributed by atoms with van der Waals surface area (Å²) in [6, 6.07) is 7.70. The molecule has 0 aromatic carbocycles.